The third-order valence-electron chi connectivity index (χ3n) is 4.19. The summed E-state index contributed by atoms with van der Waals surface area (Å²) in [4.78, 5) is 16.9. The molecule has 0 aliphatic heterocycles. The minimum atomic E-state index is -3.76. The van der Waals surface area contributed by atoms with E-state index in [1.165, 1.54) is 36.0 Å². The van der Waals surface area contributed by atoms with Crippen molar-refractivity contribution < 1.29 is 13.2 Å². The number of amides is 1. The number of sulfonamides is 1. The number of nitrogens with two attached hydrogens (primary N) is 1. The van der Waals surface area contributed by atoms with Gasteiger partial charge in [-0.2, -0.15) is 0 Å². The van der Waals surface area contributed by atoms with Crippen molar-refractivity contribution in [2.45, 2.75) is 22.2 Å². The van der Waals surface area contributed by atoms with Crippen molar-refractivity contribution in [1.82, 2.24) is 9.55 Å². The molecule has 3 rings (SSSR count). The van der Waals surface area contributed by atoms with Crippen molar-refractivity contribution in [3.05, 3.63) is 59.2 Å². The number of primary sulfonamides is 1. The molecule has 0 aliphatic rings. The highest BCUT2D eigenvalue weighted by Crippen LogP contribution is 2.28. The van der Waals surface area contributed by atoms with E-state index in [0.717, 1.165) is 20.9 Å². The predicted octanol–water partition coefficient (Wildman–Crippen LogP) is 3.62. The Labute approximate surface area is 181 Å². The third kappa shape index (κ3) is 5.27. The summed E-state index contributed by atoms with van der Waals surface area (Å²) in [7, 11) is -1.86. The number of halogens is 1. The second kappa shape index (κ2) is 8.70. The Bertz CT molecular complexity index is 1130. The Hall–Kier alpha value is -2.14. The third-order valence-corrected chi connectivity index (χ3v) is 6.80. The van der Waals surface area contributed by atoms with E-state index in [1.54, 1.807) is 13.1 Å². The number of nitrogens with zero attached hydrogens (tertiary/aromatic N) is 2. The van der Waals surface area contributed by atoms with Gasteiger partial charge in [0.1, 0.15) is 0 Å². The van der Waals surface area contributed by atoms with Gasteiger partial charge in [0.2, 0.25) is 15.9 Å². The standard InChI is InChI=1S/C19H19BrN4O3S2/c1-12(18(25)23-15-7-9-16(10-8-15)29(21,26)27)28-19-22-11-17(24(19)2)13-3-5-14(20)6-4-13/h3-12H,1-2H3,(H,23,25)(H2,21,26,27). The quantitative estimate of drug-likeness (QED) is 0.508. The van der Waals surface area contributed by atoms with Crippen LogP contribution in [-0.4, -0.2) is 29.1 Å². The van der Waals surface area contributed by atoms with E-state index in [0.29, 0.717) is 5.69 Å². The lowest BCUT2D eigenvalue weighted by molar-refractivity contribution is -0.115. The fraction of sp³-hybridized carbons (Fsp3) is 0.158. The zero-order valence-corrected chi connectivity index (χ0v) is 18.9. The second-order valence-electron chi connectivity index (χ2n) is 6.31. The molecule has 0 saturated carbocycles. The summed E-state index contributed by atoms with van der Waals surface area (Å²) in [6.45, 7) is 1.78. The number of imidazole rings is 1. The molecule has 1 heterocycles. The molecule has 3 N–H and O–H groups in total. The summed E-state index contributed by atoms with van der Waals surface area (Å²) in [6, 6.07) is 13.6. The summed E-state index contributed by atoms with van der Waals surface area (Å²) < 4.78 is 25.6. The Morgan fingerprint density at radius 1 is 1.17 bits per heavy atom. The van der Waals surface area contributed by atoms with Gasteiger partial charge >= 0.3 is 0 Å². The van der Waals surface area contributed by atoms with Crippen LogP contribution in [0.25, 0.3) is 11.3 Å². The summed E-state index contributed by atoms with van der Waals surface area (Å²) in [5, 5.41) is 8.15. The number of carbonyl (C=O) groups excluding carboxylic acids is 1. The molecule has 0 spiro atoms. The van der Waals surface area contributed by atoms with Crippen LogP contribution in [0.2, 0.25) is 0 Å². The molecule has 0 bridgehead atoms. The van der Waals surface area contributed by atoms with Gasteiger partial charge in [-0.3, -0.25) is 4.79 Å². The van der Waals surface area contributed by atoms with Crippen LogP contribution >= 0.6 is 27.7 Å². The molecule has 1 unspecified atom stereocenters. The monoisotopic (exact) mass is 494 g/mol. The second-order valence-corrected chi connectivity index (χ2v) is 10.1. The lowest BCUT2D eigenvalue weighted by Gasteiger charge is -2.12. The smallest absolute Gasteiger partial charge is 0.238 e. The van der Waals surface area contributed by atoms with Crippen molar-refractivity contribution in [3.63, 3.8) is 0 Å². The van der Waals surface area contributed by atoms with Crippen molar-refractivity contribution in [3.8, 4) is 11.3 Å². The number of carbonyl (C=O) groups is 1. The Morgan fingerprint density at radius 2 is 1.79 bits per heavy atom. The molecule has 10 heteroatoms. The van der Waals surface area contributed by atoms with E-state index in [4.69, 9.17) is 5.14 Å². The first-order chi connectivity index (χ1) is 13.6. The Kier molecular flexibility index (Phi) is 6.47. The largest absolute Gasteiger partial charge is 0.325 e. The van der Waals surface area contributed by atoms with Gasteiger partial charge in [0.15, 0.2) is 5.16 Å². The average Bonchev–Trinajstić information content (AvgIpc) is 3.02. The normalized spacial score (nSPS) is 12.6. The molecule has 152 valence electrons. The van der Waals surface area contributed by atoms with Crippen LogP contribution in [0.3, 0.4) is 0 Å². The molecule has 0 radical (unpaired) electrons. The van der Waals surface area contributed by atoms with Crippen molar-refractivity contribution in [2.75, 3.05) is 5.32 Å². The number of anilines is 1. The topological polar surface area (TPSA) is 107 Å². The number of hydrogen-bond acceptors (Lipinski definition) is 5. The minimum absolute atomic E-state index is 0.00796. The average molecular weight is 495 g/mol. The van der Waals surface area contributed by atoms with Crippen LogP contribution < -0.4 is 10.5 Å². The van der Waals surface area contributed by atoms with E-state index in [-0.39, 0.29) is 10.8 Å². The fourth-order valence-electron chi connectivity index (χ4n) is 2.57. The van der Waals surface area contributed by atoms with Gasteiger partial charge in [0, 0.05) is 17.2 Å². The number of rotatable bonds is 6. The molecular formula is C19H19BrN4O3S2. The maximum atomic E-state index is 12.5. The first kappa shape index (κ1) is 21.6. The maximum Gasteiger partial charge on any atom is 0.238 e. The van der Waals surface area contributed by atoms with Crippen LogP contribution in [0.1, 0.15) is 6.92 Å². The van der Waals surface area contributed by atoms with Gasteiger partial charge < -0.3 is 9.88 Å². The van der Waals surface area contributed by atoms with Gasteiger partial charge in [0.05, 0.1) is 22.0 Å². The number of thioether (sulfide) groups is 1. The number of nitrogens with one attached hydrogen (secondary N) is 1. The fourth-order valence-corrected chi connectivity index (χ4v) is 4.21. The van der Waals surface area contributed by atoms with E-state index >= 15 is 0 Å². The molecule has 7 nitrogen and oxygen atoms in total. The van der Waals surface area contributed by atoms with E-state index < -0.39 is 15.3 Å². The summed E-state index contributed by atoms with van der Waals surface area (Å²) in [5.41, 5.74) is 2.47. The van der Waals surface area contributed by atoms with E-state index in [1.807, 2.05) is 35.9 Å². The van der Waals surface area contributed by atoms with Gasteiger partial charge in [-0.05, 0) is 48.9 Å². The molecule has 3 aromatic rings. The minimum Gasteiger partial charge on any atom is -0.325 e. The molecule has 0 aliphatic carbocycles. The van der Waals surface area contributed by atoms with Gasteiger partial charge in [-0.1, -0.05) is 39.8 Å². The zero-order valence-electron chi connectivity index (χ0n) is 15.7. The van der Waals surface area contributed by atoms with Crippen LogP contribution in [-0.2, 0) is 21.9 Å². The molecule has 1 amide bonds. The summed E-state index contributed by atoms with van der Waals surface area (Å²) >= 11 is 4.76. The zero-order chi connectivity index (χ0) is 21.2. The molecule has 0 fully saturated rings. The van der Waals surface area contributed by atoms with E-state index in [2.05, 4.69) is 26.2 Å². The molecule has 2 aromatic carbocycles. The Morgan fingerprint density at radius 3 is 2.38 bits per heavy atom. The summed E-state index contributed by atoms with van der Waals surface area (Å²) in [5.74, 6) is -0.216. The highest BCUT2D eigenvalue weighted by molar-refractivity contribution is 9.10. The van der Waals surface area contributed by atoms with Crippen LogP contribution in [0, 0.1) is 0 Å². The van der Waals surface area contributed by atoms with Crippen molar-refractivity contribution >= 4 is 49.3 Å². The lowest BCUT2D eigenvalue weighted by atomic mass is 10.2. The van der Waals surface area contributed by atoms with Crippen LogP contribution in [0.15, 0.2) is 69.3 Å². The molecule has 1 aromatic heterocycles. The molecule has 1 atom stereocenters. The maximum absolute atomic E-state index is 12.5. The van der Waals surface area contributed by atoms with Crippen LogP contribution in [0.5, 0.6) is 0 Å². The first-order valence-electron chi connectivity index (χ1n) is 8.53. The van der Waals surface area contributed by atoms with Gasteiger partial charge in [0.25, 0.3) is 0 Å². The summed E-state index contributed by atoms with van der Waals surface area (Å²) in [6.07, 6.45) is 1.78. The Balaban J connectivity index is 1.68. The van der Waals surface area contributed by atoms with E-state index in [9.17, 15) is 13.2 Å². The first-order valence-corrected chi connectivity index (χ1v) is 11.7. The highest BCUT2D eigenvalue weighted by atomic mass is 79.9. The number of benzene rings is 2. The van der Waals surface area contributed by atoms with Gasteiger partial charge in [-0.25, -0.2) is 18.5 Å². The molecule has 0 saturated heterocycles. The van der Waals surface area contributed by atoms with Crippen LogP contribution in [0.4, 0.5) is 5.69 Å². The van der Waals surface area contributed by atoms with Gasteiger partial charge in [-0.15, -0.1) is 0 Å². The van der Waals surface area contributed by atoms with Crippen molar-refractivity contribution in [1.29, 1.82) is 0 Å². The van der Waals surface area contributed by atoms with Crippen molar-refractivity contribution in [2.24, 2.45) is 12.2 Å². The number of aromatic nitrogens is 2. The lowest BCUT2D eigenvalue weighted by Crippen LogP contribution is -2.23. The SMILES string of the molecule is CC(Sc1ncc(-c2ccc(Br)cc2)n1C)C(=O)Nc1ccc(S(N)(=O)=O)cc1. The predicted molar refractivity (Wildman–Crippen MR) is 118 cm³/mol. The highest BCUT2D eigenvalue weighted by Gasteiger charge is 2.19. The molecular weight excluding hydrogens is 476 g/mol. The molecule has 29 heavy (non-hydrogen) atoms. The number of hydrogen-bond donors (Lipinski definition) is 2.